The third kappa shape index (κ3) is 7.02. The van der Waals surface area contributed by atoms with E-state index < -0.39 is 55.7 Å². The van der Waals surface area contributed by atoms with Gasteiger partial charge in [0.15, 0.2) is 11.6 Å². The number of aliphatic hydroxyl groups is 1. The molecule has 4 rings (SSSR count). The molecule has 1 aliphatic rings. The fourth-order valence-electron chi connectivity index (χ4n) is 4.59. The number of amides is 3. The Labute approximate surface area is 240 Å². The number of carbonyl (C=O) groups is 2. The highest BCUT2D eigenvalue weighted by Crippen LogP contribution is 2.53. The zero-order valence-corrected chi connectivity index (χ0v) is 24.0. The van der Waals surface area contributed by atoms with Crippen molar-refractivity contribution in [3.63, 3.8) is 0 Å². The monoisotopic (exact) mass is 608 g/mol. The molecule has 226 valence electrons. The van der Waals surface area contributed by atoms with Crippen LogP contribution in [-0.2, 0) is 29.4 Å². The van der Waals surface area contributed by atoms with E-state index >= 15 is 0 Å². The maximum atomic E-state index is 14.1. The predicted molar refractivity (Wildman–Crippen MR) is 147 cm³/mol. The standard InChI is InChI=1S/C27H31F2N4O8P/c1-33(25(35)31-14-19-9-6-10-21(28)24(19)29)27(12-20(27)22(34)15-41-42(37,38-2)39-3)16-40-26(36)32-23-11-17-7-4-5-8-18(17)13-30-23/h4-11,13,20,22,34H,12,14-16H2,1-3H3,(H,31,35)(H,30,32,36)/t20?,22-,27?/m0/s1. The van der Waals surface area contributed by atoms with Crippen LogP contribution in [0.1, 0.15) is 12.0 Å². The first-order chi connectivity index (χ1) is 20.0. The van der Waals surface area contributed by atoms with Crippen molar-refractivity contribution in [3.8, 4) is 0 Å². The van der Waals surface area contributed by atoms with Crippen LogP contribution >= 0.6 is 7.82 Å². The summed E-state index contributed by atoms with van der Waals surface area (Å²) in [6.07, 6.45) is -0.361. The minimum absolute atomic E-state index is 0.0695. The maximum Gasteiger partial charge on any atom is 0.474 e. The lowest BCUT2D eigenvalue weighted by Crippen LogP contribution is -2.50. The Morgan fingerprint density at radius 2 is 1.88 bits per heavy atom. The van der Waals surface area contributed by atoms with Gasteiger partial charge in [-0.3, -0.25) is 18.9 Å². The summed E-state index contributed by atoms with van der Waals surface area (Å²) >= 11 is 0. The van der Waals surface area contributed by atoms with E-state index in [1.807, 2.05) is 24.3 Å². The van der Waals surface area contributed by atoms with Crippen LogP contribution in [0.2, 0.25) is 0 Å². The third-order valence-corrected chi connectivity index (χ3v) is 8.53. The maximum absolute atomic E-state index is 14.1. The molecule has 15 heteroatoms. The summed E-state index contributed by atoms with van der Waals surface area (Å²) in [6.45, 7) is -1.14. The smallest absolute Gasteiger partial charge is 0.447 e. The number of urea groups is 1. The van der Waals surface area contributed by atoms with Gasteiger partial charge in [-0.1, -0.05) is 36.4 Å². The average molecular weight is 609 g/mol. The van der Waals surface area contributed by atoms with Crippen LogP contribution in [0.3, 0.4) is 0 Å². The Bertz CT molecular complexity index is 1490. The first kappa shape index (κ1) is 31.3. The van der Waals surface area contributed by atoms with Gasteiger partial charge in [0.1, 0.15) is 12.4 Å². The second kappa shape index (κ2) is 13.1. The molecule has 2 aromatic carbocycles. The van der Waals surface area contributed by atoms with E-state index in [0.717, 1.165) is 31.1 Å². The second-order valence-electron chi connectivity index (χ2n) is 9.64. The van der Waals surface area contributed by atoms with Crippen molar-refractivity contribution in [1.82, 2.24) is 15.2 Å². The minimum atomic E-state index is -3.89. The van der Waals surface area contributed by atoms with Gasteiger partial charge in [0.05, 0.1) is 18.2 Å². The van der Waals surface area contributed by atoms with Gasteiger partial charge in [-0.25, -0.2) is 27.9 Å². The van der Waals surface area contributed by atoms with E-state index in [-0.39, 0.29) is 31.0 Å². The third-order valence-electron chi connectivity index (χ3n) is 7.17. The minimum Gasteiger partial charge on any atom is -0.447 e. The molecule has 12 nitrogen and oxygen atoms in total. The summed E-state index contributed by atoms with van der Waals surface area (Å²) < 4.78 is 59.9. The number of fused-ring (bicyclic) bond motifs is 1. The van der Waals surface area contributed by atoms with E-state index in [1.165, 1.54) is 24.1 Å². The molecule has 1 fully saturated rings. The molecule has 3 atom stereocenters. The van der Waals surface area contributed by atoms with Crippen molar-refractivity contribution in [1.29, 1.82) is 0 Å². The van der Waals surface area contributed by atoms with Crippen LogP contribution in [0, 0.1) is 17.6 Å². The van der Waals surface area contributed by atoms with Crippen LogP contribution in [0.5, 0.6) is 0 Å². The first-order valence-electron chi connectivity index (χ1n) is 12.8. The van der Waals surface area contributed by atoms with Crippen LogP contribution in [0.4, 0.5) is 24.2 Å². The molecule has 1 aromatic heterocycles. The topological polar surface area (TPSA) is 149 Å². The Balaban J connectivity index is 1.45. The molecule has 0 aliphatic heterocycles. The molecular weight excluding hydrogens is 577 g/mol. The van der Waals surface area contributed by atoms with Crippen molar-refractivity contribution in [2.24, 2.45) is 5.92 Å². The van der Waals surface area contributed by atoms with E-state index in [9.17, 15) is 28.0 Å². The number of rotatable bonds is 12. The highest BCUT2D eigenvalue weighted by Gasteiger charge is 2.62. The highest BCUT2D eigenvalue weighted by molar-refractivity contribution is 7.48. The molecule has 42 heavy (non-hydrogen) atoms. The quantitative estimate of drug-likeness (QED) is 0.254. The average Bonchev–Trinajstić information content (AvgIpc) is 3.74. The van der Waals surface area contributed by atoms with Crippen molar-refractivity contribution in [2.75, 3.05) is 39.8 Å². The number of hydrogen-bond acceptors (Lipinski definition) is 9. The zero-order chi connectivity index (χ0) is 30.5. The summed E-state index contributed by atoms with van der Waals surface area (Å²) in [5.74, 6) is -2.59. The predicted octanol–water partition coefficient (Wildman–Crippen LogP) is 4.44. The molecular formula is C27H31F2N4O8P. The number of nitrogens with one attached hydrogen (secondary N) is 2. The summed E-state index contributed by atoms with van der Waals surface area (Å²) in [5, 5.41) is 17.6. The number of halogens is 2. The van der Waals surface area contributed by atoms with Gasteiger partial charge in [-0.2, -0.15) is 0 Å². The molecule has 1 aliphatic carbocycles. The Hall–Kier alpha value is -3.68. The number of nitrogens with zero attached hydrogens (tertiary/aromatic N) is 2. The van der Waals surface area contributed by atoms with Gasteiger partial charge < -0.3 is 20.1 Å². The van der Waals surface area contributed by atoms with Gasteiger partial charge in [-0.05, 0) is 23.9 Å². The van der Waals surface area contributed by atoms with E-state index in [1.54, 1.807) is 12.3 Å². The van der Waals surface area contributed by atoms with E-state index in [2.05, 4.69) is 15.6 Å². The van der Waals surface area contributed by atoms with Crippen molar-refractivity contribution >= 4 is 36.5 Å². The van der Waals surface area contributed by atoms with Crippen LogP contribution in [-0.4, -0.2) is 73.2 Å². The number of aromatic nitrogens is 1. The van der Waals surface area contributed by atoms with E-state index in [4.69, 9.17) is 18.3 Å². The SMILES string of the molecule is COP(=O)(OC)OC[C@H](O)C1CC1(COC(=O)Nc1cc2ccccc2cn1)N(C)C(=O)NCc1cccc(F)c1F. The molecule has 3 N–H and O–H groups in total. The number of benzene rings is 2. The lowest BCUT2D eigenvalue weighted by molar-refractivity contribution is 0.0358. The number of anilines is 1. The lowest BCUT2D eigenvalue weighted by Gasteiger charge is -2.30. The summed E-state index contributed by atoms with van der Waals surface area (Å²) in [4.78, 5) is 31.2. The number of hydrogen-bond donors (Lipinski definition) is 3. The van der Waals surface area contributed by atoms with Gasteiger partial charge >= 0.3 is 19.9 Å². The summed E-state index contributed by atoms with van der Waals surface area (Å²) in [6, 6.07) is 12.0. The molecule has 0 spiro atoms. The van der Waals surface area contributed by atoms with Crippen molar-refractivity contribution in [2.45, 2.75) is 24.6 Å². The van der Waals surface area contributed by atoms with Crippen molar-refractivity contribution < 1.29 is 46.3 Å². The highest BCUT2D eigenvalue weighted by atomic mass is 31.2. The number of ether oxygens (including phenoxy) is 1. The van der Waals surface area contributed by atoms with E-state index in [0.29, 0.717) is 0 Å². The van der Waals surface area contributed by atoms with Gasteiger partial charge in [0, 0.05) is 50.9 Å². The molecule has 1 saturated carbocycles. The summed E-state index contributed by atoms with van der Waals surface area (Å²) in [7, 11) is -0.246. The second-order valence-corrected chi connectivity index (χ2v) is 11.5. The van der Waals surface area contributed by atoms with Crippen LogP contribution in [0.25, 0.3) is 10.8 Å². The van der Waals surface area contributed by atoms with Crippen LogP contribution < -0.4 is 10.6 Å². The largest absolute Gasteiger partial charge is 0.474 e. The number of carbonyl (C=O) groups excluding carboxylic acids is 2. The first-order valence-corrected chi connectivity index (χ1v) is 14.2. The number of pyridine rings is 1. The Morgan fingerprint density at radius 1 is 1.17 bits per heavy atom. The number of phosphoric acid groups is 1. The molecule has 1 heterocycles. The number of aliphatic hydroxyl groups excluding tert-OH is 1. The lowest BCUT2D eigenvalue weighted by atomic mass is 10.1. The molecule has 0 radical (unpaired) electrons. The van der Waals surface area contributed by atoms with Gasteiger partial charge in [-0.15, -0.1) is 0 Å². The number of likely N-dealkylation sites (N-methyl/N-ethyl adjacent to an activating group) is 1. The molecule has 0 bridgehead atoms. The van der Waals surface area contributed by atoms with Gasteiger partial charge in [0.2, 0.25) is 0 Å². The fraction of sp³-hybridized carbons (Fsp3) is 0.370. The zero-order valence-electron chi connectivity index (χ0n) is 23.1. The molecule has 3 amide bonds. The van der Waals surface area contributed by atoms with Gasteiger partial charge in [0.25, 0.3) is 0 Å². The molecule has 3 aromatic rings. The Morgan fingerprint density at radius 3 is 2.60 bits per heavy atom. The fourth-order valence-corrected chi connectivity index (χ4v) is 5.28. The van der Waals surface area contributed by atoms with Crippen molar-refractivity contribution in [3.05, 3.63) is 71.9 Å². The summed E-state index contributed by atoms with van der Waals surface area (Å²) in [5.41, 5.74) is -1.29. The normalized spacial score (nSPS) is 18.8. The van der Waals surface area contributed by atoms with Crippen LogP contribution in [0.15, 0.2) is 54.7 Å². The molecule has 0 saturated heterocycles. The number of phosphoric ester groups is 1. The Kier molecular flexibility index (Phi) is 9.74. The molecule has 2 unspecified atom stereocenters.